The second-order valence-corrected chi connectivity index (χ2v) is 9.25. The van der Waals surface area contributed by atoms with E-state index >= 15 is 0 Å². The molecule has 12 heteroatoms. The van der Waals surface area contributed by atoms with Crippen LogP contribution in [0.25, 0.3) is 16.8 Å². The molecule has 8 nitrogen and oxygen atoms in total. The molecule has 1 aliphatic rings. The number of ether oxygens (including phenoxy) is 1. The topological polar surface area (TPSA) is 76.6 Å². The molecule has 4 rings (SSSR count). The SMILES string of the molecule is C[C@H]1CN(C(=O)OC(C)(C)C)CCN1c1nc2c(C(F)(F)F)c(Cl)cc(-n3cccn3)c2o1. The van der Waals surface area contributed by atoms with Gasteiger partial charge in [-0.1, -0.05) is 11.6 Å². The molecule has 0 spiro atoms. The number of hydrogen-bond donors (Lipinski definition) is 0. The van der Waals surface area contributed by atoms with Crippen molar-refractivity contribution < 1.29 is 27.1 Å². The third kappa shape index (κ3) is 4.59. The number of rotatable bonds is 2. The van der Waals surface area contributed by atoms with Gasteiger partial charge in [0, 0.05) is 38.1 Å². The van der Waals surface area contributed by atoms with Crippen LogP contribution in [0.15, 0.2) is 28.9 Å². The van der Waals surface area contributed by atoms with Crippen LogP contribution in [-0.2, 0) is 10.9 Å². The number of benzene rings is 1. The summed E-state index contributed by atoms with van der Waals surface area (Å²) in [7, 11) is 0. The predicted octanol–water partition coefficient (Wildman–Crippen LogP) is 5.13. The van der Waals surface area contributed by atoms with Crippen molar-refractivity contribution >= 4 is 34.8 Å². The lowest BCUT2D eigenvalue weighted by Gasteiger charge is -2.39. The van der Waals surface area contributed by atoms with Gasteiger partial charge in [0.05, 0.1) is 5.02 Å². The number of aromatic nitrogens is 3. The maximum atomic E-state index is 13.8. The molecule has 1 fully saturated rings. The molecule has 0 radical (unpaired) electrons. The Kier molecular flexibility index (Phi) is 5.71. The average Bonchev–Trinajstić information content (AvgIpc) is 3.34. The summed E-state index contributed by atoms with van der Waals surface area (Å²) in [5.74, 6) is 0. The van der Waals surface area contributed by atoms with Gasteiger partial charge >= 0.3 is 12.3 Å². The monoisotopic (exact) mass is 485 g/mol. The average molecular weight is 486 g/mol. The van der Waals surface area contributed by atoms with Crippen LogP contribution in [0.4, 0.5) is 24.0 Å². The van der Waals surface area contributed by atoms with E-state index in [2.05, 4.69) is 10.1 Å². The summed E-state index contributed by atoms with van der Waals surface area (Å²) in [5, 5.41) is 3.59. The summed E-state index contributed by atoms with van der Waals surface area (Å²) in [4.78, 5) is 19.9. The number of carbonyl (C=O) groups is 1. The number of anilines is 1. The largest absolute Gasteiger partial charge is 0.444 e. The molecule has 0 N–H and O–H groups in total. The zero-order valence-corrected chi connectivity index (χ0v) is 19.2. The van der Waals surface area contributed by atoms with Gasteiger partial charge in [-0.3, -0.25) is 0 Å². The minimum absolute atomic E-state index is 0.0162. The van der Waals surface area contributed by atoms with Gasteiger partial charge in [-0.05, 0) is 39.8 Å². The van der Waals surface area contributed by atoms with E-state index in [0.717, 1.165) is 0 Å². The van der Waals surface area contributed by atoms with Gasteiger partial charge in [0.25, 0.3) is 6.01 Å². The van der Waals surface area contributed by atoms with Crippen molar-refractivity contribution in [2.24, 2.45) is 0 Å². The third-order valence-corrected chi connectivity index (χ3v) is 5.45. The van der Waals surface area contributed by atoms with Crippen LogP contribution in [-0.4, -0.2) is 57.0 Å². The molecule has 0 saturated carbocycles. The van der Waals surface area contributed by atoms with Crippen LogP contribution in [0.5, 0.6) is 0 Å². The second-order valence-electron chi connectivity index (χ2n) is 8.84. The first kappa shape index (κ1) is 23.2. The Morgan fingerprint density at radius 1 is 1.27 bits per heavy atom. The molecule has 3 aromatic rings. The zero-order chi connectivity index (χ0) is 24.1. The van der Waals surface area contributed by atoms with E-state index in [9.17, 15) is 18.0 Å². The molecule has 0 bridgehead atoms. The lowest BCUT2D eigenvalue weighted by atomic mass is 10.1. The van der Waals surface area contributed by atoms with E-state index in [-0.39, 0.29) is 23.3 Å². The second kappa shape index (κ2) is 8.12. The Labute approximate surface area is 192 Å². The number of carbonyl (C=O) groups excluding carboxylic acids is 1. The van der Waals surface area contributed by atoms with Crippen LogP contribution < -0.4 is 4.90 Å². The molecule has 1 atom stereocenters. The summed E-state index contributed by atoms with van der Waals surface area (Å²) in [6, 6.07) is 2.53. The molecular formula is C21H23ClF3N5O3. The number of amides is 1. The summed E-state index contributed by atoms with van der Waals surface area (Å²) < 4.78 is 54.0. The van der Waals surface area contributed by atoms with E-state index in [0.29, 0.717) is 19.6 Å². The van der Waals surface area contributed by atoms with Crippen molar-refractivity contribution in [3.63, 3.8) is 0 Å². The Morgan fingerprint density at radius 3 is 2.58 bits per heavy atom. The fourth-order valence-corrected chi connectivity index (χ4v) is 4.03. The van der Waals surface area contributed by atoms with Crippen molar-refractivity contribution in [2.45, 2.75) is 45.5 Å². The lowest BCUT2D eigenvalue weighted by Crippen LogP contribution is -2.54. The fourth-order valence-electron chi connectivity index (χ4n) is 3.73. The van der Waals surface area contributed by atoms with Crippen molar-refractivity contribution in [1.29, 1.82) is 0 Å². The first-order valence-corrected chi connectivity index (χ1v) is 10.7. The summed E-state index contributed by atoms with van der Waals surface area (Å²) in [6.07, 6.45) is -2.11. The van der Waals surface area contributed by atoms with Crippen LogP contribution in [0.2, 0.25) is 5.02 Å². The maximum absolute atomic E-state index is 13.8. The molecule has 3 heterocycles. The minimum Gasteiger partial charge on any atom is -0.444 e. The van der Waals surface area contributed by atoms with E-state index in [4.69, 9.17) is 20.8 Å². The number of oxazole rings is 1. The zero-order valence-electron chi connectivity index (χ0n) is 18.5. The Hall–Kier alpha value is -2.95. The molecule has 1 saturated heterocycles. The molecule has 178 valence electrons. The normalized spacial score (nSPS) is 17.6. The van der Waals surface area contributed by atoms with Crippen molar-refractivity contribution in [2.75, 3.05) is 24.5 Å². The quantitative estimate of drug-likeness (QED) is 0.501. The van der Waals surface area contributed by atoms with Crippen LogP contribution in [0, 0.1) is 0 Å². The Morgan fingerprint density at radius 2 is 2.00 bits per heavy atom. The number of fused-ring (bicyclic) bond motifs is 1. The Bertz CT molecular complexity index is 1170. The van der Waals surface area contributed by atoms with Crippen molar-refractivity contribution in [3.8, 4) is 5.69 Å². The first-order valence-electron chi connectivity index (χ1n) is 10.3. The lowest BCUT2D eigenvalue weighted by molar-refractivity contribution is -0.136. The van der Waals surface area contributed by atoms with Crippen LogP contribution in [0.1, 0.15) is 33.3 Å². The van der Waals surface area contributed by atoms with Gasteiger partial charge in [0.15, 0.2) is 5.58 Å². The summed E-state index contributed by atoms with van der Waals surface area (Å²) in [6.45, 7) is 8.08. The highest BCUT2D eigenvalue weighted by Gasteiger charge is 2.39. The number of alkyl halides is 3. The van der Waals surface area contributed by atoms with Crippen molar-refractivity contribution in [3.05, 3.63) is 35.1 Å². The van der Waals surface area contributed by atoms with Gasteiger partial charge in [0.1, 0.15) is 22.4 Å². The minimum atomic E-state index is -4.73. The van der Waals surface area contributed by atoms with Crippen LogP contribution in [0.3, 0.4) is 0 Å². The number of piperazine rings is 1. The van der Waals surface area contributed by atoms with E-state index < -0.39 is 34.0 Å². The molecule has 0 unspecified atom stereocenters. The molecular weight excluding hydrogens is 463 g/mol. The van der Waals surface area contributed by atoms with E-state index in [1.165, 1.54) is 16.9 Å². The molecule has 33 heavy (non-hydrogen) atoms. The third-order valence-electron chi connectivity index (χ3n) is 5.15. The van der Waals surface area contributed by atoms with Crippen LogP contribution >= 0.6 is 11.6 Å². The van der Waals surface area contributed by atoms with Crippen molar-refractivity contribution in [1.82, 2.24) is 19.7 Å². The van der Waals surface area contributed by atoms with E-state index in [1.54, 1.807) is 42.8 Å². The highest BCUT2D eigenvalue weighted by Crippen LogP contribution is 2.43. The van der Waals surface area contributed by atoms with Gasteiger partial charge in [-0.15, -0.1) is 0 Å². The summed E-state index contributed by atoms with van der Waals surface area (Å²) >= 11 is 6.03. The highest BCUT2D eigenvalue weighted by atomic mass is 35.5. The number of nitrogens with zero attached hydrogens (tertiary/aromatic N) is 5. The fraction of sp³-hybridized carbons (Fsp3) is 0.476. The van der Waals surface area contributed by atoms with Gasteiger partial charge in [-0.25, -0.2) is 9.48 Å². The molecule has 0 aliphatic carbocycles. The van der Waals surface area contributed by atoms with Gasteiger partial charge in [-0.2, -0.15) is 23.3 Å². The predicted molar refractivity (Wildman–Crippen MR) is 116 cm³/mol. The molecule has 1 amide bonds. The smallest absolute Gasteiger partial charge is 0.420 e. The molecule has 2 aromatic heterocycles. The highest BCUT2D eigenvalue weighted by molar-refractivity contribution is 6.32. The number of halogens is 4. The summed E-state index contributed by atoms with van der Waals surface area (Å²) in [5.41, 5.74) is -1.92. The van der Waals surface area contributed by atoms with E-state index in [1.807, 2.05) is 6.92 Å². The molecule has 1 aromatic carbocycles. The first-order chi connectivity index (χ1) is 15.3. The number of hydrogen-bond acceptors (Lipinski definition) is 6. The standard InChI is InChI=1S/C21H23ClF3N5O3/c1-12-11-28(19(31)33-20(2,3)4)8-9-29(12)18-27-16-15(21(23,24)25)13(22)10-14(17(16)32-18)30-7-5-6-26-30/h5-7,10,12H,8-9,11H2,1-4H3/t12-/m0/s1. The maximum Gasteiger partial charge on any atom is 0.420 e. The van der Waals surface area contributed by atoms with Gasteiger partial charge < -0.3 is 19.0 Å². The molecule has 1 aliphatic heterocycles. The van der Waals surface area contributed by atoms with Gasteiger partial charge in [0.2, 0.25) is 0 Å². The Balaban J connectivity index is 1.71.